The van der Waals surface area contributed by atoms with Crippen molar-refractivity contribution < 1.29 is 13.6 Å². The van der Waals surface area contributed by atoms with Crippen LogP contribution in [0.25, 0.3) is 0 Å². The summed E-state index contributed by atoms with van der Waals surface area (Å²) in [6.45, 7) is 6.26. The van der Waals surface area contributed by atoms with Crippen LogP contribution in [0.1, 0.15) is 32.8 Å². The molecule has 3 nitrogen and oxygen atoms in total. The molecule has 120 valence electrons. The minimum absolute atomic E-state index is 0. The summed E-state index contributed by atoms with van der Waals surface area (Å²) in [6, 6.07) is 3.20. The predicted octanol–water partition coefficient (Wildman–Crippen LogP) is 2.81. The van der Waals surface area contributed by atoms with Gasteiger partial charge in [0.25, 0.3) is 0 Å². The van der Waals surface area contributed by atoms with E-state index in [2.05, 4.69) is 5.32 Å². The molecule has 0 heterocycles. The Kier molecular flexibility index (Phi) is 7.82. The van der Waals surface area contributed by atoms with Gasteiger partial charge in [0.15, 0.2) is 0 Å². The van der Waals surface area contributed by atoms with E-state index in [4.69, 9.17) is 5.73 Å². The molecule has 0 spiro atoms. The zero-order chi connectivity index (χ0) is 15.3. The molecular formula is C15H23ClF2N2O. The number of rotatable bonds is 6. The Balaban J connectivity index is 0.00000400. The lowest BCUT2D eigenvalue weighted by Crippen LogP contribution is -2.52. The molecular weight excluding hydrogens is 298 g/mol. The molecule has 0 bridgehead atoms. The maximum Gasteiger partial charge on any atom is 0.224 e. The van der Waals surface area contributed by atoms with Crippen molar-refractivity contribution in [2.45, 2.75) is 39.2 Å². The summed E-state index contributed by atoms with van der Waals surface area (Å²) in [6.07, 6.45) is 0.612. The van der Waals surface area contributed by atoms with Gasteiger partial charge >= 0.3 is 0 Å². The summed E-state index contributed by atoms with van der Waals surface area (Å²) < 4.78 is 26.3. The van der Waals surface area contributed by atoms with Gasteiger partial charge < -0.3 is 11.1 Å². The molecule has 1 atom stereocenters. The van der Waals surface area contributed by atoms with Crippen molar-refractivity contribution in [2.24, 2.45) is 11.7 Å². The van der Waals surface area contributed by atoms with Crippen LogP contribution in [0.2, 0.25) is 0 Å². The molecule has 0 saturated carbocycles. The highest BCUT2D eigenvalue weighted by atomic mass is 35.5. The van der Waals surface area contributed by atoms with Gasteiger partial charge in [-0.2, -0.15) is 0 Å². The van der Waals surface area contributed by atoms with E-state index in [0.717, 1.165) is 18.6 Å². The molecule has 1 rings (SSSR count). The Bertz CT molecular complexity index is 483. The average molecular weight is 321 g/mol. The first-order valence-corrected chi connectivity index (χ1v) is 6.71. The van der Waals surface area contributed by atoms with Crippen molar-refractivity contribution in [1.82, 2.24) is 5.32 Å². The third-order valence-electron chi connectivity index (χ3n) is 3.12. The van der Waals surface area contributed by atoms with E-state index < -0.39 is 17.2 Å². The predicted molar refractivity (Wildman–Crippen MR) is 82.4 cm³/mol. The van der Waals surface area contributed by atoms with Crippen molar-refractivity contribution in [2.75, 3.05) is 6.54 Å². The molecule has 6 heteroatoms. The van der Waals surface area contributed by atoms with Crippen LogP contribution in [0.5, 0.6) is 0 Å². The average Bonchev–Trinajstić information content (AvgIpc) is 2.31. The van der Waals surface area contributed by atoms with Gasteiger partial charge in [0, 0.05) is 18.2 Å². The zero-order valence-electron chi connectivity index (χ0n) is 12.6. The lowest BCUT2D eigenvalue weighted by atomic mass is 9.90. The molecule has 0 saturated heterocycles. The van der Waals surface area contributed by atoms with Gasteiger partial charge in [0.1, 0.15) is 11.6 Å². The number of benzene rings is 1. The van der Waals surface area contributed by atoms with Gasteiger partial charge in [0.2, 0.25) is 5.91 Å². The highest BCUT2D eigenvalue weighted by Crippen LogP contribution is 2.16. The van der Waals surface area contributed by atoms with Crippen LogP contribution in [0.15, 0.2) is 18.2 Å². The van der Waals surface area contributed by atoms with E-state index in [1.54, 1.807) is 0 Å². The highest BCUT2D eigenvalue weighted by Gasteiger charge is 2.26. The maximum absolute atomic E-state index is 13.5. The van der Waals surface area contributed by atoms with E-state index in [9.17, 15) is 13.6 Å². The van der Waals surface area contributed by atoms with Gasteiger partial charge in [-0.15, -0.1) is 12.4 Å². The first-order chi connectivity index (χ1) is 9.25. The van der Waals surface area contributed by atoms with Crippen molar-refractivity contribution in [3.05, 3.63) is 35.4 Å². The number of carbonyl (C=O) groups excluding carboxylic acids is 1. The van der Waals surface area contributed by atoms with Crippen LogP contribution < -0.4 is 11.1 Å². The van der Waals surface area contributed by atoms with Gasteiger partial charge in [-0.25, -0.2) is 8.78 Å². The quantitative estimate of drug-likeness (QED) is 0.847. The standard InChI is InChI=1S/C15H22F2N2O.ClH/c1-10(2)8-15(3,9-18)19-14(20)6-11-4-5-12(16)7-13(11)17;/h4-5,7,10H,6,8-9,18H2,1-3H3,(H,19,20);1H. The van der Waals surface area contributed by atoms with Crippen molar-refractivity contribution in [1.29, 1.82) is 0 Å². The molecule has 1 unspecified atom stereocenters. The summed E-state index contributed by atoms with van der Waals surface area (Å²) in [5.74, 6) is -1.30. The van der Waals surface area contributed by atoms with Gasteiger partial charge in [-0.1, -0.05) is 19.9 Å². The smallest absolute Gasteiger partial charge is 0.224 e. The Morgan fingerprint density at radius 2 is 2.00 bits per heavy atom. The number of hydrogen-bond donors (Lipinski definition) is 2. The highest BCUT2D eigenvalue weighted by molar-refractivity contribution is 5.85. The monoisotopic (exact) mass is 320 g/mol. The molecule has 0 fully saturated rings. The van der Waals surface area contributed by atoms with E-state index >= 15 is 0 Å². The number of nitrogens with two attached hydrogens (primary N) is 1. The Hall–Kier alpha value is -1.20. The van der Waals surface area contributed by atoms with Crippen molar-refractivity contribution in [3.63, 3.8) is 0 Å². The van der Waals surface area contributed by atoms with Crippen LogP contribution in [-0.4, -0.2) is 18.0 Å². The fourth-order valence-electron chi connectivity index (χ4n) is 2.31. The van der Waals surface area contributed by atoms with Crippen LogP contribution in [0.4, 0.5) is 8.78 Å². The molecule has 0 aliphatic carbocycles. The molecule has 0 aliphatic rings. The molecule has 3 N–H and O–H groups in total. The lowest BCUT2D eigenvalue weighted by molar-refractivity contribution is -0.122. The van der Waals surface area contributed by atoms with Crippen molar-refractivity contribution >= 4 is 18.3 Å². The van der Waals surface area contributed by atoms with Crippen LogP contribution in [0, 0.1) is 17.6 Å². The number of amides is 1. The molecule has 0 radical (unpaired) electrons. The molecule has 1 amide bonds. The SMILES string of the molecule is CC(C)CC(C)(CN)NC(=O)Cc1ccc(F)cc1F.Cl. The number of nitrogens with one attached hydrogen (secondary N) is 1. The third-order valence-corrected chi connectivity index (χ3v) is 3.12. The van der Waals surface area contributed by atoms with Crippen LogP contribution in [-0.2, 0) is 11.2 Å². The summed E-state index contributed by atoms with van der Waals surface area (Å²) in [5.41, 5.74) is 5.37. The Morgan fingerprint density at radius 3 is 2.48 bits per heavy atom. The molecule has 1 aromatic carbocycles. The van der Waals surface area contributed by atoms with Crippen LogP contribution in [0.3, 0.4) is 0 Å². The fraction of sp³-hybridized carbons (Fsp3) is 0.533. The second-order valence-electron chi connectivity index (χ2n) is 5.82. The first kappa shape index (κ1) is 19.8. The number of carbonyl (C=O) groups is 1. The summed E-state index contributed by atoms with van der Waals surface area (Å²) in [4.78, 5) is 12.0. The zero-order valence-corrected chi connectivity index (χ0v) is 13.4. The largest absolute Gasteiger partial charge is 0.349 e. The summed E-state index contributed by atoms with van der Waals surface area (Å²) in [5, 5.41) is 2.84. The van der Waals surface area contributed by atoms with E-state index in [-0.39, 0.29) is 30.3 Å². The molecule has 0 aliphatic heterocycles. The third kappa shape index (κ3) is 6.40. The van der Waals surface area contributed by atoms with Gasteiger partial charge in [0.05, 0.1) is 6.42 Å². The normalized spacial score (nSPS) is 13.5. The van der Waals surface area contributed by atoms with E-state index in [1.165, 1.54) is 6.07 Å². The van der Waals surface area contributed by atoms with Gasteiger partial charge in [-0.3, -0.25) is 4.79 Å². The minimum atomic E-state index is -0.710. The van der Waals surface area contributed by atoms with E-state index in [0.29, 0.717) is 12.5 Å². The van der Waals surface area contributed by atoms with E-state index in [1.807, 2.05) is 20.8 Å². The van der Waals surface area contributed by atoms with Crippen molar-refractivity contribution in [3.8, 4) is 0 Å². The Labute approximate surface area is 130 Å². The topological polar surface area (TPSA) is 55.1 Å². The number of hydrogen-bond acceptors (Lipinski definition) is 2. The lowest BCUT2D eigenvalue weighted by Gasteiger charge is -2.31. The number of halogens is 3. The second-order valence-corrected chi connectivity index (χ2v) is 5.82. The fourth-order valence-corrected chi connectivity index (χ4v) is 2.31. The summed E-state index contributed by atoms with van der Waals surface area (Å²) >= 11 is 0. The van der Waals surface area contributed by atoms with Crippen LogP contribution >= 0.6 is 12.4 Å². The summed E-state index contributed by atoms with van der Waals surface area (Å²) in [7, 11) is 0. The Morgan fingerprint density at radius 1 is 1.38 bits per heavy atom. The maximum atomic E-state index is 13.5. The second kappa shape index (κ2) is 8.29. The minimum Gasteiger partial charge on any atom is -0.349 e. The first-order valence-electron chi connectivity index (χ1n) is 6.71. The molecule has 21 heavy (non-hydrogen) atoms. The molecule has 1 aromatic rings. The van der Waals surface area contributed by atoms with Gasteiger partial charge in [-0.05, 0) is 30.9 Å². The molecule has 0 aromatic heterocycles.